The van der Waals surface area contributed by atoms with E-state index >= 15 is 0 Å². The van der Waals surface area contributed by atoms with Crippen LogP contribution < -0.4 is 5.43 Å². The fourth-order valence-corrected chi connectivity index (χ4v) is 3.10. The molecule has 140 valence electrons. The molecule has 0 atom stereocenters. The van der Waals surface area contributed by atoms with Gasteiger partial charge in [0, 0.05) is 23.5 Å². The van der Waals surface area contributed by atoms with Crippen molar-refractivity contribution in [2.75, 3.05) is 0 Å². The second-order valence-corrected chi connectivity index (χ2v) is 7.77. The van der Waals surface area contributed by atoms with Gasteiger partial charge in [-0.05, 0) is 52.0 Å². The van der Waals surface area contributed by atoms with Gasteiger partial charge in [-0.15, -0.1) is 0 Å². The van der Waals surface area contributed by atoms with Crippen molar-refractivity contribution in [3.8, 4) is 0 Å². The van der Waals surface area contributed by atoms with Gasteiger partial charge in [-0.25, -0.2) is 5.01 Å². The molecule has 1 N–H and O–H groups in total. The van der Waals surface area contributed by atoms with Crippen LogP contribution in [0.15, 0.2) is 54.6 Å². The molecule has 2 aromatic carbocycles. The van der Waals surface area contributed by atoms with Gasteiger partial charge in [0.2, 0.25) is 0 Å². The lowest BCUT2D eigenvalue weighted by molar-refractivity contribution is 0.0355. The van der Waals surface area contributed by atoms with Crippen molar-refractivity contribution in [2.45, 2.75) is 33.2 Å². The molecule has 0 bridgehead atoms. The Kier molecular flexibility index (Phi) is 4.79. The largest absolute Gasteiger partial charge is 0.340 e. The third-order valence-electron chi connectivity index (χ3n) is 4.54. The standard InChI is InChI=1S/C22H25N3O2/c1-15-9-8-11-17(13-15)21(27)25(22(2,3)4)23-20(26)19-14-16-10-6-7-12-18(16)24(19)5/h6-14H,1-5H3,(H,23,26). The Hall–Kier alpha value is -3.08. The number of hydrogen-bond acceptors (Lipinski definition) is 2. The van der Waals surface area contributed by atoms with Gasteiger partial charge in [0.1, 0.15) is 5.69 Å². The van der Waals surface area contributed by atoms with Gasteiger partial charge < -0.3 is 4.57 Å². The van der Waals surface area contributed by atoms with Crippen molar-refractivity contribution in [1.29, 1.82) is 0 Å². The molecule has 5 heteroatoms. The van der Waals surface area contributed by atoms with Crippen molar-refractivity contribution in [3.05, 3.63) is 71.4 Å². The van der Waals surface area contributed by atoms with Gasteiger partial charge in [-0.1, -0.05) is 35.9 Å². The van der Waals surface area contributed by atoms with Gasteiger partial charge >= 0.3 is 0 Å². The van der Waals surface area contributed by atoms with Crippen molar-refractivity contribution in [1.82, 2.24) is 15.0 Å². The molecule has 0 saturated heterocycles. The first kappa shape index (κ1) is 18.7. The molecule has 0 aliphatic rings. The molecule has 3 aromatic rings. The second kappa shape index (κ2) is 6.91. The van der Waals surface area contributed by atoms with Crippen LogP contribution in [0.2, 0.25) is 0 Å². The van der Waals surface area contributed by atoms with Crippen molar-refractivity contribution in [3.63, 3.8) is 0 Å². The van der Waals surface area contributed by atoms with Crippen LogP contribution in [0.5, 0.6) is 0 Å². The average molecular weight is 363 g/mol. The molecule has 0 saturated carbocycles. The lowest BCUT2D eigenvalue weighted by Gasteiger charge is -2.35. The molecule has 0 aliphatic heterocycles. The fourth-order valence-electron chi connectivity index (χ4n) is 3.10. The highest BCUT2D eigenvalue weighted by atomic mass is 16.2. The number of rotatable bonds is 2. The fraction of sp³-hybridized carbons (Fsp3) is 0.273. The van der Waals surface area contributed by atoms with Crippen molar-refractivity contribution in [2.24, 2.45) is 7.05 Å². The van der Waals surface area contributed by atoms with E-state index in [1.54, 1.807) is 6.07 Å². The Morgan fingerprint density at radius 1 is 1.00 bits per heavy atom. The summed E-state index contributed by atoms with van der Waals surface area (Å²) in [5.74, 6) is -0.553. The molecule has 0 spiro atoms. The number of hydrazine groups is 1. The number of aryl methyl sites for hydroxylation is 2. The summed E-state index contributed by atoms with van der Waals surface area (Å²) in [5, 5.41) is 2.39. The Morgan fingerprint density at radius 2 is 1.70 bits per heavy atom. The van der Waals surface area contributed by atoms with E-state index in [2.05, 4.69) is 5.43 Å². The predicted molar refractivity (Wildman–Crippen MR) is 107 cm³/mol. The molecule has 0 fully saturated rings. The first-order valence-corrected chi connectivity index (χ1v) is 8.95. The number of fused-ring (bicyclic) bond motifs is 1. The number of para-hydroxylation sites is 1. The van der Waals surface area contributed by atoms with Gasteiger partial charge in [-0.3, -0.25) is 15.0 Å². The third kappa shape index (κ3) is 3.72. The zero-order valence-electron chi connectivity index (χ0n) is 16.4. The second-order valence-electron chi connectivity index (χ2n) is 7.77. The van der Waals surface area contributed by atoms with Crippen LogP contribution in [0, 0.1) is 6.92 Å². The first-order chi connectivity index (χ1) is 12.7. The van der Waals surface area contributed by atoms with Crippen LogP contribution in [0.1, 0.15) is 47.2 Å². The Labute approximate surface area is 159 Å². The molecular weight excluding hydrogens is 338 g/mol. The van der Waals surface area contributed by atoms with Crippen molar-refractivity contribution >= 4 is 22.7 Å². The maximum Gasteiger partial charge on any atom is 0.286 e. The summed E-state index contributed by atoms with van der Waals surface area (Å²) in [6.45, 7) is 7.61. The van der Waals surface area contributed by atoms with Crippen LogP contribution in [0.25, 0.3) is 10.9 Å². The number of carbonyl (C=O) groups is 2. The lowest BCUT2D eigenvalue weighted by Crippen LogP contribution is -2.56. The van der Waals surface area contributed by atoms with E-state index in [1.165, 1.54) is 5.01 Å². The molecule has 1 heterocycles. The molecule has 5 nitrogen and oxygen atoms in total. The summed E-state index contributed by atoms with van der Waals surface area (Å²) in [4.78, 5) is 26.0. The summed E-state index contributed by atoms with van der Waals surface area (Å²) >= 11 is 0. The van der Waals surface area contributed by atoms with E-state index in [-0.39, 0.29) is 11.8 Å². The minimum Gasteiger partial charge on any atom is -0.340 e. The molecular formula is C22H25N3O2. The van der Waals surface area contributed by atoms with Gasteiger partial charge in [0.15, 0.2) is 0 Å². The minimum absolute atomic E-state index is 0.238. The van der Waals surface area contributed by atoms with E-state index in [9.17, 15) is 9.59 Å². The molecule has 0 radical (unpaired) electrons. The first-order valence-electron chi connectivity index (χ1n) is 8.95. The smallest absolute Gasteiger partial charge is 0.286 e. The highest BCUT2D eigenvalue weighted by Gasteiger charge is 2.30. The number of benzene rings is 2. The summed E-state index contributed by atoms with van der Waals surface area (Å²) in [6, 6.07) is 17.0. The van der Waals surface area contributed by atoms with Gasteiger partial charge in [-0.2, -0.15) is 0 Å². The highest BCUT2D eigenvalue weighted by Crippen LogP contribution is 2.20. The van der Waals surface area contributed by atoms with Crippen LogP contribution >= 0.6 is 0 Å². The number of hydrogen-bond donors (Lipinski definition) is 1. The SMILES string of the molecule is Cc1cccc(C(=O)N(NC(=O)c2cc3ccccc3n2C)C(C)(C)C)c1. The van der Waals surface area contributed by atoms with E-state index < -0.39 is 5.54 Å². The highest BCUT2D eigenvalue weighted by molar-refractivity contribution is 6.01. The molecule has 0 aliphatic carbocycles. The maximum atomic E-state index is 13.1. The molecule has 27 heavy (non-hydrogen) atoms. The quantitative estimate of drug-likeness (QED) is 0.698. The van der Waals surface area contributed by atoms with E-state index in [4.69, 9.17) is 0 Å². The summed E-state index contributed by atoms with van der Waals surface area (Å²) < 4.78 is 1.84. The summed E-state index contributed by atoms with van der Waals surface area (Å²) in [5.41, 5.74) is 5.24. The molecule has 2 amide bonds. The Morgan fingerprint density at radius 3 is 2.33 bits per heavy atom. The van der Waals surface area contributed by atoms with Gasteiger partial charge in [0.25, 0.3) is 11.8 Å². The molecule has 1 aromatic heterocycles. The number of carbonyl (C=O) groups excluding carboxylic acids is 2. The third-order valence-corrected chi connectivity index (χ3v) is 4.54. The average Bonchev–Trinajstić information content (AvgIpc) is 2.95. The summed E-state index contributed by atoms with van der Waals surface area (Å²) in [7, 11) is 1.85. The lowest BCUT2D eigenvalue weighted by atomic mass is 10.1. The molecule has 0 unspecified atom stereocenters. The van der Waals surface area contributed by atoms with E-state index in [1.807, 2.05) is 87.8 Å². The van der Waals surface area contributed by atoms with Crippen LogP contribution in [0.4, 0.5) is 0 Å². The maximum absolute atomic E-state index is 13.1. The number of nitrogens with one attached hydrogen (secondary N) is 1. The Bertz CT molecular complexity index is 1010. The predicted octanol–water partition coefficient (Wildman–Crippen LogP) is 4.07. The number of nitrogens with zero attached hydrogens (tertiary/aromatic N) is 2. The topological polar surface area (TPSA) is 54.3 Å². The Balaban J connectivity index is 1.93. The van der Waals surface area contributed by atoms with Crippen LogP contribution in [-0.4, -0.2) is 26.9 Å². The summed E-state index contributed by atoms with van der Waals surface area (Å²) in [6.07, 6.45) is 0. The van der Waals surface area contributed by atoms with Crippen LogP contribution in [0.3, 0.4) is 0 Å². The number of amides is 2. The number of aromatic nitrogens is 1. The van der Waals surface area contributed by atoms with Crippen LogP contribution in [-0.2, 0) is 7.05 Å². The van der Waals surface area contributed by atoms with Gasteiger partial charge in [0.05, 0.1) is 5.54 Å². The zero-order valence-corrected chi connectivity index (χ0v) is 16.4. The minimum atomic E-state index is -0.582. The van der Waals surface area contributed by atoms with E-state index in [0.29, 0.717) is 11.3 Å². The van der Waals surface area contributed by atoms with Crippen molar-refractivity contribution < 1.29 is 9.59 Å². The van der Waals surface area contributed by atoms with E-state index in [0.717, 1.165) is 16.5 Å². The normalized spacial score (nSPS) is 11.4. The molecule has 3 rings (SSSR count). The zero-order chi connectivity index (χ0) is 19.8. The monoisotopic (exact) mass is 363 g/mol.